The van der Waals surface area contributed by atoms with E-state index in [1.807, 2.05) is 0 Å². The van der Waals surface area contributed by atoms with Gasteiger partial charge in [-0.3, -0.25) is 0 Å². The van der Waals surface area contributed by atoms with Crippen LogP contribution in [-0.2, 0) is 5.41 Å². The van der Waals surface area contributed by atoms with Gasteiger partial charge in [-0.05, 0) is 102 Å². The quantitative estimate of drug-likeness (QED) is 0.185. The molecular formula is C45H33N. The molecule has 46 heavy (non-hydrogen) atoms. The van der Waals surface area contributed by atoms with Gasteiger partial charge in [0.05, 0.1) is 0 Å². The molecule has 1 aliphatic rings. The van der Waals surface area contributed by atoms with Crippen molar-refractivity contribution in [2.45, 2.75) is 19.3 Å². The molecule has 8 aromatic carbocycles. The lowest BCUT2D eigenvalue weighted by Crippen LogP contribution is -2.15. The van der Waals surface area contributed by atoms with Crippen LogP contribution in [0, 0.1) is 0 Å². The summed E-state index contributed by atoms with van der Waals surface area (Å²) in [6.07, 6.45) is 0. The molecule has 0 saturated heterocycles. The predicted octanol–water partition coefficient (Wildman–Crippen LogP) is 12.6. The van der Waals surface area contributed by atoms with Crippen LogP contribution in [0.2, 0.25) is 0 Å². The first-order valence-electron chi connectivity index (χ1n) is 16.1. The third-order valence-electron chi connectivity index (χ3n) is 10.0. The van der Waals surface area contributed by atoms with Crippen LogP contribution in [0.15, 0.2) is 164 Å². The standard InChI is InChI=1S/C45H33N/c1-45(2)42-18-9-8-17-40(42)41-29-37(24-26-43(41)45)46(35-15-10-14-33(27-35)30-11-4-3-5-12-30)36-23-25-39-34(28-36)22-21-32-20-19-31-13-6-7-16-38(31)44(32)39/h3-29H,1-2H3. The van der Waals surface area contributed by atoms with Gasteiger partial charge in [0.25, 0.3) is 0 Å². The van der Waals surface area contributed by atoms with Gasteiger partial charge in [-0.2, -0.15) is 0 Å². The van der Waals surface area contributed by atoms with Crippen molar-refractivity contribution in [3.8, 4) is 22.3 Å². The summed E-state index contributed by atoms with van der Waals surface area (Å²) in [6.45, 7) is 4.69. The zero-order chi connectivity index (χ0) is 30.8. The summed E-state index contributed by atoms with van der Waals surface area (Å²) in [5.74, 6) is 0. The van der Waals surface area contributed by atoms with Gasteiger partial charge in [0, 0.05) is 22.5 Å². The summed E-state index contributed by atoms with van der Waals surface area (Å²) in [6, 6.07) is 60.2. The first-order valence-corrected chi connectivity index (χ1v) is 16.1. The summed E-state index contributed by atoms with van der Waals surface area (Å²) in [5, 5.41) is 7.67. The SMILES string of the molecule is CC1(C)c2ccccc2-c2cc(N(c3cccc(-c4ccccc4)c3)c3ccc4c(ccc5ccc6ccccc6c54)c3)ccc21. The number of hydrogen-bond donors (Lipinski definition) is 0. The number of rotatable bonds is 4. The van der Waals surface area contributed by atoms with Crippen molar-refractivity contribution in [2.24, 2.45) is 0 Å². The van der Waals surface area contributed by atoms with Gasteiger partial charge in [-0.1, -0.05) is 141 Å². The van der Waals surface area contributed by atoms with Crippen LogP contribution in [-0.4, -0.2) is 0 Å². The van der Waals surface area contributed by atoms with E-state index in [1.165, 1.54) is 65.7 Å². The van der Waals surface area contributed by atoms with E-state index in [9.17, 15) is 0 Å². The Morgan fingerprint density at radius 2 is 1.02 bits per heavy atom. The second-order valence-electron chi connectivity index (χ2n) is 13.0. The number of benzene rings is 8. The van der Waals surface area contributed by atoms with Crippen LogP contribution in [0.5, 0.6) is 0 Å². The predicted molar refractivity (Wildman–Crippen MR) is 197 cm³/mol. The monoisotopic (exact) mass is 587 g/mol. The van der Waals surface area contributed by atoms with Crippen LogP contribution in [0.4, 0.5) is 17.1 Å². The summed E-state index contributed by atoms with van der Waals surface area (Å²) < 4.78 is 0. The molecule has 0 spiro atoms. The lowest BCUT2D eigenvalue weighted by atomic mass is 9.82. The Morgan fingerprint density at radius 3 is 1.91 bits per heavy atom. The number of fused-ring (bicyclic) bond motifs is 8. The molecule has 0 bridgehead atoms. The smallest absolute Gasteiger partial charge is 0.0468 e. The highest BCUT2D eigenvalue weighted by atomic mass is 15.1. The van der Waals surface area contributed by atoms with Crippen LogP contribution in [0.3, 0.4) is 0 Å². The van der Waals surface area contributed by atoms with Gasteiger partial charge in [0.2, 0.25) is 0 Å². The Bertz CT molecular complexity index is 2450. The van der Waals surface area contributed by atoms with Crippen molar-refractivity contribution in [3.05, 3.63) is 175 Å². The van der Waals surface area contributed by atoms with E-state index in [-0.39, 0.29) is 5.41 Å². The van der Waals surface area contributed by atoms with Crippen LogP contribution >= 0.6 is 0 Å². The molecule has 0 N–H and O–H groups in total. The zero-order valence-corrected chi connectivity index (χ0v) is 26.0. The molecule has 0 heterocycles. The van der Waals surface area contributed by atoms with E-state index in [0.29, 0.717) is 0 Å². The largest absolute Gasteiger partial charge is 0.310 e. The average Bonchev–Trinajstić information content (AvgIpc) is 3.34. The van der Waals surface area contributed by atoms with Gasteiger partial charge in [0.1, 0.15) is 0 Å². The van der Waals surface area contributed by atoms with Crippen LogP contribution in [0.1, 0.15) is 25.0 Å². The van der Waals surface area contributed by atoms with Crippen molar-refractivity contribution in [2.75, 3.05) is 4.90 Å². The van der Waals surface area contributed by atoms with Gasteiger partial charge >= 0.3 is 0 Å². The molecule has 1 nitrogen and oxygen atoms in total. The number of anilines is 3. The molecule has 0 saturated carbocycles. The topological polar surface area (TPSA) is 3.24 Å². The number of nitrogens with zero attached hydrogens (tertiary/aromatic N) is 1. The molecule has 0 aliphatic heterocycles. The Hall–Kier alpha value is -5.66. The molecule has 0 radical (unpaired) electrons. The minimum absolute atomic E-state index is 0.0324. The highest BCUT2D eigenvalue weighted by Crippen LogP contribution is 2.51. The molecule has 8 aromatic rings. The van der Waals surface area contributed by atoms with Crippen molar-refractivity contribution in [3.63, 3.8) is 0 Å². The third kappa shape index (κ3) is 4.09. The molecule has 0 aromatic heterocycles. The summed E-state index contributed by atoms with van der Waals surface area (Å²) in [5.41, 5.74) is 11.2. The van der Waals surface area contributed by atoms with E-state index in [4.69, 9.17) is 0 Å². The minimum Gasteiger partial charge on any atom is -0.310 e. The Labute approximate surface area is 270 Å². The highest BCUT2D eigenvalue weighted by molar-refractivity contribution is 6.20. The lowest BCUT2D eigenvalue weighted by molar-refractivity contribution is 0.660. The third-order valence-corrected chi connectivity index (χ3v) is 10.0. The van der Waals surface area contributed by atoms with Gasteiger partial charge in [0.15, 0.2) is 0 Å². The minimum atomic E-state index is -0.0324. The maximum Gasteiger partial charge on any atom is 0.0468 e. The van der Waals surface area contributed by atoms with Crippen molar-refractivity contribution >= 4 is 49.4 Å². The molecule has 1 heteroatoms. The summed E-state index contributed by atoms with van der Waals surface area (Å²) >= 11 is 0. The first kappa shape index (κ1) is 26.7. The van der Waals surface area contributed by atoms with Gasteiger partial charge in [-0.15, -0.1) is 0 Å². The molecular weight excluding hydrogens is 555 g/mol. The summed E-state index contributed by atoms with van der Waals surface area (Å²) in [7, 11) is 0. The maximum absolute atomic E-state index is 2.42. The second kappa shape index (κ2) is 10.2. The van der Waals surface area contributed by atoms with Crippen LogP contribution < -0.4 is 4.90 Å². The van der Waals surface area contributed by atoms with E-state index < -0.39 is 0 Å². The molecule has 9 rings (SSSR count). The van der Waals surface area contributed by atoms with E-state index >= 15 is 0 Å². The fraction of sp³-hybridized carbons (Fsp3) is 0.0667. The molecule has 1 aliphatic carbocycles. The van der Waals surface area contributed by atoms with E-state index in [2.05, 4.69) is 183 Å². The highest BCUT2D eigenvalue weighted by Gasteiger charge is 2.35. The molecule has 0 fully saturated rings. The average molecular weight is 588 g/mol. The maximum atomic E-state index is 2.42. The molecule has 0 atom stereocenters. The van der Waals surface area contributed by atoms with Crippen molar-refractivity contribution in [1.82, 2.24) is 0 Å². The second-order valence-corrected chi connectivity index (χ2v) is 13.0. The zero-order valence-electron chi connectivity index (χ0n) is 26.0. The summed E-state index contributed by atoms with van der Waals surface area (Å²) in [4.78, 5) is 2.42. The van der Waals surface area contributed by atoms with Crippen molar-refractivity contribution < 1.29 is 0 Å². The normalized spacial score (nSPS) is 13.2. The first-order chi connectivity index (χ1) is 22.6. The van der Waals surface area contributed by atoms with E-state index in [0.717, 1.165) is 17.1 Å². The number of hydrogen-bond acceptors (Lipinski definition) is 1. The Balaban J connectivity index is 1.27. The fourth-order valence-electron chi connectivity index (χ4n) is 7.71. The molecule has 218 valence electrons. The molecule has 0 amide bonds. The fourth-order valence-corrected chi connectivity index (χ4v) is 7.71. The molecule has 0 unspecified atom stereocenters. The van der Waals surface area contributed by atoms with Gasteiger partial charge in [-0.25, -0.2) is 0 Å². The lowest BCUT2D eigenvalue weighted by Gasteiger charge is -2.28. The van der Waals surface area contributed by atoms with Crippen molar-refractivity contribution in [1.29, 1.82) is 0 Å². The van der Waals surface area contributed by atoms with Gasteiger partial charge < -0.3 is 4.90 Å². The Kier molecular flexibility index (Phi) is 5.92. The van der Waals surface area contributed by atoms with E-state index in [1.54, 1.807) is 0 Å². The Morgan fingerprint density at radius 1 is 0.391 bits per heavy atom. The van der Waals surface area contributed by atoms with Crippen LogP contribution in [0.25, 0.3) is 54.6 Å².